The first kappa shape index (κ1) is 22.1. The summed E-state index contributed by atoms with van der Waals surface area (Å²) in [5.74, 6) is 13.3. The van der Waals surface area contributed by atoms with Crippen LogP contribution in [0.15, 0.2) is 81.4 Å². The number of thioether (sulfide) groups is 1. The van der Waals surface area contributed by atoms with E-state index in [1.54, 1.807) is 0 Å². The van der Waals surface area contributed by atoms with Crippen molar-refractivity contribution < 1.29 is 4.42 Å². The fourth-order valence-electron chi connectivity index (χ4n) is 2.77. The first-order valence-corrected chi connectivity index (χ1v) is 10.8. The molecule has 0 saturated heterocycles. The lowest BCUT2D eigenvalue weighted by Gasteiger charge is -2.03. The molecule has 0 bridgehead atoms. The van der Waals surface area contributed by atoms with Gasteiger partial charge in [0.2, 0.25) is 5.16 Å². The average Bonchev–Trinajstić information content (AvgIpc) is 3.52. The molecule has 31 heavy (non-hydrogen) atoms. The Bertz CT molecular complexity index is 1120. The largest absolute Gasteiger partial charge is 0.453 e. The molecule has 4 rings (SSSR count). The van der Waals surface area contributed by atoms with Crippen molar-refractivity contribution in [2.45, 2.75) is 19.0 Å². The van der Waals surface area contributed by atoms with Gasteiger partial charge in [-0.25, -0.2) is 5.84 Å². The predicted octanol–water partition coefficient (Wildman–Crippen LogP) is 4.25. The Balaban J connectivity index is 0.00000132. The van der Waals surface area contributed by atoms with E-state index in [0.717, 1.165) is 22.5 Å². The Labute approximate surface area is 185 Å². The lowest BCUT2D eigenvalue weighted by atomic mass is 10.0. The van der Waals surface area contributed by atoms with Crippen LogP contribution >= 0.6 is 11.8 Å². The van der Waals surface area contributed by atoms with Crippen molar-refractivity contribution in [3.05, 3.63) is 66.7 Å². The maximum absolute atomic E-state index is 6.01. The monoisotopic (exact) mass is 435 g/mol. The van der Waals surface area contributed by atoms with Gasteiger partial charge >= 0.3 is 0 Å². The number of benzene rings is 2. The van der Waals surface area contributed by atoms with Gasteiger partial charge in [-0.3, -0.25) is 5.10 Å². The molecule has 4 aromatic rings. The number of aromatic nitrogens is 3. The maximum Gasteiger partial charge on any atom is 0.209 e. The third kappa shape index (κ3) is 5.53. The second-order valence-corrected chi connectivity index (χ2v) is 7.03. The van der Waals surface area contributed by atoms with Crippen molar-refractivity contribution in [1.29, 1.82) is 0 Å². The maximum atomic E-state index is 6.01. The van der Waals surface area contributed by atoms with Crippen molar-refractivity contribution >= 4 is 17.6 Å². The minimum atomic E-state index is 0.431. The molecule has 0 aliphatic heterocycles. The quantitative estimate of drug-likeness (QED) is 0.117. The van der Waals surface area contributed by atoms with Gasteiger partial charge in [-0.05, 0) is 29.3 Å². The minimum Gasteiger partial charge on any atom is -0.453 e. The average molecular weight is 436 g/mol. The van der Waals surface area contributed by atoms with Crippen LogP contribution in [0.4, 0.5) is 0 Å². The Hall–Kier alpha value is -3.56. The van der Waals surface area contributed by atoms with Gasteiger partial charge in [0, 0.05) is 5.56 Å². The highest BCUT2D eigenvalue weighted by molar-refractivity contribution is 7.99. The van der Waals surface area contributed by atoms with E-state index >= 15 is 0 Å². The summed E-state index contributed by atoms with van der Waals surface area (Å²) in [7, 11) is 0. The van der Waals surface area contributed by atoms with Crippen LogP contribution in [0.1, 0.15) is 13.8 Å². The first-order chi connectivity index (χ1) is 15.3. The van der Waals surface area contributed by atoms with Crippen LogP contribution in [0.2, 0.25) is 0 Å². The predicted molar refractivity (Wildman–Crippen MR) is 126 cm³/mol. The van der Waals surface area contributed by atoms with E-state index in [0.29, 0.717) is 28.3 Å². The number of rotatable bonds is 6. The molecule has 2 aromatic heterocycles. The highest BCUT2D eigenvalue weighted by atomic mass is 32.2. The summed E-state index contributed by atoms with van der Waals surface area (Å²) in [6, 6.07) is 22.2. The number of H-pyrrole nitrogens is 1. The minimum absolute atomic E-state index is 0.431. The molecule has 9 heteroatoms. The molecule has 0 amide bonds. The van der Waals surface area contributed by atoms with Crippen LogP contribution in [-0.4, -0.2) is 26.8 Å². The number of hydrogen-bond acceptors (Lipinski definition) is 7. The summed E-state index contributed by atoms with van der Waals surface area (Å²) in [5.41, 5.74) is 5.70. The van der Waals surface area contributed by atoms with Crippen LogP contribution in [0.5, 0.6) is 0 Å². The topological polar surface area (TPSA) is 131 Å². The number of furan rings is 1. The van der Waals surface area contributed by atoms with Gasteiger partial charge in [0.1, 0.15) is 11.6 Å². The van der Waals surface area contributed by atoms with Gasteiger partial charge < -0.3 is 15.7 Å². The number of hydrazone groups is 1. The molecule has 0 aliphatic carbocycles. The fourth-order valence-corrected chi connectivity index (χ4v) is 3.46. The lowest BCUT2D eigenvalue weighted by molar-refractivity contribution is 0.592. The SMILES string of the molecule is CC.N/N=C(/CSc1n[nH]c(-c2ccc(-c3cccc(-c4ccccc4)c3)o2)n1)NN. The molecule has 0 radical (unpaired) electrons. The molecule has 0 fully saturated rings. The summed E-state index contributed by atoms with van der Waals surface area (Å²) in [5, 5.41) is 11.1. The molecule has 0 unspecified atom stereocenters. The summed E-state index contributed by atoms with van der Waals surface area (Å²) in [6.45, 7) is 4.00. The number of nitrogens with zero attached hydrogens (tertiary/aromatic N) is 3. The molecule has 0 spiro atoms. The van der Waals surface area contributed by atoms with E-state index in [1.807, 2.05) is 56.3 Å². The van der Waals surface area contributed by atoms with Gasteiger partial charge in [0.25, 0.3) is 0 Å². The van der Waals surface area contributed by atoms with Crippen molar-refractivity contribution in [2.24, 2.45) is 16.8 Å². The van der Waals surface area contributed by atoms with Crippen LogP contribution in [0.25, 0.3) is 34.0 Å². The van der Waals surface area contributed by atoms with Crippen molar-refractivity contribution in [2.75, 3.05) is 5.75 Å². The standard InChI is InChI=1S/C20H19N7OS.C2H6/c21-24-18(25-22)12-29-20-23-19(26-27-20)17-10-9-16(28-17)15-8-4-7-14(11-15)13-5-2-1-3-6-13;1-2/h1-11H,12,21-22H2,(H,24,25)(H,23,26,27);1-2H3. The zero-order valence-corrected chi connectivity index (χ0v) is 18.2. The Morgan fingerprint density at radius 3 is 2.45 bits per heavy atom. The second kappa shape index (κ2) is 11.0. The van der Waals surface area contributed by atoms with Crippen LogP contribution < -0.4 is 17.1 Å². The lowest BCUT2D eigenvalue weighted by Crippen LogP contribution is -2.33. The molecular weight excluding hydrogens is 410 g/mol. The van der Waals surface area contributed by atoms with E-state index in [1.165, 1.54) is 11.8 Å². The molecule has 2 heterocycles. The van der Waals surface area contributed by atoms with E-state index in [4.69, 9.17) is 16.1 Å². The van der Waals surface area contributed by atoms with Crippen LogP contribution in [-0.2, 0) is 0 Å². The van der Waals surface area contributed by atoms with Gasteiger partial charge in [0.05, 0.1) is 5.75 Å². The van der Waals surface area contributed by atoms with Crippen molar-refractivity contribution in [3.8, 4) is 34.0 Å². The summed E-state index contributed by atoms with van der Waals surface area (Å²) >= 11 is 1.35. The van der Waals surface area contributed by atoms with Gasteiger partial charge in [0.15, 0.2) is 11.6 Å². The summed E-state index contributed by atoms with van der Waals surface area (Å²) in [4.78, 5) is 4.43. The zero-order chi connectivity index (χ0) is 22.1. The molecule has 6 N–H and O–H groups in total. The van der Waals surface area contributed by atoms with Crippen LogP contribution in [0.3, 0.4) is 0 Å². The summed E-state index contributed by atoms with van der Waals surface area (Å²) in [6.07, 6.45) is 0. The molecule has 0 saturated carbocycles. The molecule has 0 aliphatic rings. The van der Waals surface area contributed by atoms with Crippen molar-refractivity contribution in [3.63, 3.8) is 0 Å². The number of aromatic amines is 1. The van der Waals surface area contributed by atoms with E-state index < -0.39 is 0 Å². The van der Waals surface area contributed by atoms with Gasteiger partial charge in [-0.2, -0.15) is 10.1 Å². The number of hydrogen-bond donors (Lipinski definition) is 4. The fraction of sp³-hybridized carbons (Fsp3) is 0.136. The molecular formula is C22H25N7OS. The van der Waals surface area contributed by atoms with E-state index in [9.17, 15) is 0 Å². The summed E-state index contributed by atoms with van der Waals surface area (Å²) < 4.78 is 6.01. The second-order valence-electron chi connectivity index (χ2n) is 6.09. The molecule has 160 valence electrons. The van der Waals surface area contributed by atoms with Gasteiger partial charge in [-0.1, -0.05) is 74.1 Å². The normalized spacial score (nSPS) is 11.0. The third-order valence-electron chi connectivity index (χ3n) is 4.22. The zero-order valence-electron chi connectivity index (χ0n) is 17.4. The first-order valence-electron chi connectivity index (χ1n) is 9.81. The number of amidine groups is 1. The smallest absolute Gasteiger partial charge is 0.209 e. The highest BCUT2D eigenvalue weighted by Crippen LogP contribution is 2.30. The number of nitrogens with one attached hydrogen (secondary N) is 2. The number of hydrazine groups is 1. The third-order valence-corrected chi connectivity index (χ3v) is 5.08. The molecule has 0 atom stereocenters. The van der Waals surface area contributed by atoms with E-state index in [-0.39, 0.29) is 0 Å². The van der Waals surface area contributed by atoms with Crippen molar-refractivity contribution in [1.82, 2.24) is 20.6 Å². The molecule has 8 nitrogen and oxygen atoms in total. The Morgan fingerprint density at radius 1 is 1.00 bits per heavy atom. The Kier molecular flexibility index (Phi) is 7.85. The highest BCUT2D eigenvalue weighted by Gasteiger charge is 2.13. The number of nitrogens with two attached hydrogens (primary N) is 2. The van der Waals surface area contributed by atoms with Crippen LogP contribution in [0, 0.1) is 0 Å². The van der Waals surface area contributed by atoms with Gasteiger partial charge in [-0.15, -0.1) is 5.10 Å². The Morgan fingerprint density at radius 2 is 1.71 bits per heavy atom. The van der Waals surface area contributed by atoms with E-state index in [2.05, 4.69) is 50.0 Å². The molecule has 2 aromatic carbocycles.